The van der Waals surface area contributed by atoms with Crippen LogP contribution in [0.5, 0.6) is 0 Å². The van der Waals surface area contributed by atoms with Gasteiger partial charge in [-0.05, 0) is 47.2 Å². The molecule has 17 heavy (non-hydrogen) atoms. The highest BCUT2D eigenvalue weighted by molar-refractivity contribution is 5.86. The first kappa shape index (κ1) is 10.5. The summed E-state index contributed by atoms with van der Waals surface area (Å²) in [6.45, 7) is 0. The Bertz CT molecular complexity index is 569. The highest BCUT2D eigenvalue weighted by atomic mass is 14.6. The summed E-state index contributed by atoms with van der Waals surface area (Å²) < 4.78 is 0. The predicted molar refractivity (Wildman–Crippen MR) is 73.8 cm³/mol. The van der Waals surface area contributed by atoms with Crippen LogP contribution in [0.2, 0.25) is 0 Å². The first-order chi connectivity index (χ1) is 8.33. The summed E-state index contributed by atoms with van der Waals surface area (Å²) >= 11 is 0. The molecule has 1 aliphatic carbocycles. The summed E-state index contributed by atoms with van der Waals surface area (Å²) in [6, 6.07) is 15.4. The van der Waals surface area contributed by atoms with Crippen LogP contribution < -0.4 is 5.73 Å². The van der Waals surface area contributed by atoms with Crippen LogP contribution in [0.25, 0.3) is 16.3 Å². The van der Waals surface area contributed by atoms with Gasteiger partial charge < -0.3 is 5.73 Å². The van der Waals surface area contributed by atoms with Crippen molar-refractivity contribution in [3.05, 3.63) is 54.1 Å². The molecule has 0 aliphatic heterocycles. The molecule has 0 bridgehead atoms. The van der Waals surface area contributed by atoms with E-state index in [1.54, 1.807) is 0 Å². The Morgan fingerprint density at radius 3 is 2.65 bits per heavy atom. The van der Waals surface area contributed by atoms with Crippen LogP contribution in [0, 0.1) is 0 Å². The summed E-state index contributed by atoms with van der Waals surface area (Å²) in [4.78, 5) is 0. The maximum atomic E-state index is 6.00. The van der Waals surface area contributed by atoms with Gasteiger partial charge in [-0.1, -0.05) is 42.5 Å². The number of fused-ring (bicyclic) bond motifs is 1. The number of nitrogens with two attached hydrogens (primary N) is 1. The van der Waals surface area contributed by atoms with E-state index in [1.165, 1.54) is 28.3 Å². The first-order valence-electron chi connectivity index (χ1n) is 6.28. The molecule has 0 spiro atoms. The molecule has 1 unspecified atom stereocenters. The largest absolute Gasteiger partial charge is 0.324 e. The summed E-state index contributed by atoms with van der Waals surface area (Å²) in [5.41, 5.74) is 8.74. The average Bonchev–Trinajstić information content (AvgIpc) is 2.38. The normalized spacial score (nSPS) is 20.3. The van der Waals surface area contributed by atoms with Crippen LogP contribution in [0.4, 0.5) is 0 Å². The van der Waals surface area contributed by atoms with Gasteiger partial charge in [0.25, 0.3) is 0 Å². The Hall–Kier alpha value is -1.60. The molecule has 1 heteroatoms. The van der Waals surface area contributed by atoms with Crippen molar-refractivity contribution in [2.75, 3.05) is 0 Å². The van der Waals surface area contributed by atoms with Gasteiger partial charge in [-0.2, -0.15) is 0 Å². The van der Waals surface area contributed by atoms with Crippen molar-refractivity contribution in [2.45, 2.75) is 25.3 Å². The minimum absolute atomic E-state index is 0.241. The fraction of sp³-hybridized carbons (Fsp3) is 0.250. The van der Waals surface area contributed by atoms with Gasteiger partial charge in [0.05, 0.1) is 0 Å². The van der Waals surface area contributed by atoms with Gasteiger partial charge in [0.2, 0.25) is 0 Å². The average molecular weight is 223 g/mol. The maximum absolute atomic E-state index is 6.00. The molecule has 2 aromatic rings. The fourth-order valence-electron chi connectivity index (χ4n) is 2.58. The minimum Gasteiger partial charge on any atom is -0.324 e. The Labute approximate surface area is 102 Å². The van der Waals surface area contributed by atoms with Crippen LogP contribution in [-0.2, 0) is 0 Å². The number of rotatable bonds is 1. The zero-order valence-electron chi connectivity index (χ0n) is 9.89. The lowest BCUT2D eigenvalue weighted by Crippen LogP contribution is -2.19. The van der Waals surface area contributed by atoms with E-state index in [-0.39, 0.29) is 6.04 Å². The third kappa shape index (κ3) is 2.11. The number of hydrogen-bond donors (Lipinski definition) is 1. The van der Waals surface area contributed by atoms with E-state index in [2.05, 4.69) is 48.5 Å². The lowest BCUT2D eigenvalue weighted by Gasteiger charge is -2.18. The van der Waals surface area contributed by atoms with Gasteiger partial charge in [-0.15, -0.1) is 0 Å². The van der Waals surface area contributed by atoms with Gasteiger partial charge in [0.1, 0.15) is 0 Å². The van der Waals surface area contributed by atoms with Crippen molar-refractivity contribution < 1.29 is 0 Å². The molecule has 0 heterocycles. The molecule has 2 N–H and O–H groups in total. The van der Waals surface area contributed by atoms with Crippen molar-refractivity contribution >= 4 is 16.3 Å². The molecule has 0 amide bonds. The highest BCUT2D eigenvalue weighted by Crippen LogP contribution is 2.28. The zero-order valence-corrected chi connectivity index (χ0v) is 9.89. The summed E-state index contributed by atoms with van der Waals surface area (Å²) in [5.74, 6) is 0. The summed E-state index contributed by atoms with van der Waals surface area (Å²) in [5, 5.41) is 2.61. The van der Waals surface area contributed by atoms with E-state index in [0.717, 1.165) is 12.8 Å². The van der Waals surface area contributed by atoms with Crippen molar-refractivity contribution in [3.63, 3.8) is 0 Å². The van der Waals surface area contributed by atoms with Crippen molar-refractivity contribution in [2.24, 2.45) is 5.73 Å². The Morgan fingerprint density at radius 2 is 1.82 bits per heavy atom. The van der Waals surface area contributed by atoms with E-state index in [1.807, 2.05) is 0 Å². The summed E-state index contributed by atoms with van der Waals surface area (Å²) in [6.07, 6.45) is 5.72. The van der Waals surface area contributed by atoms with Crippen LogP contribution in [0.15, 0.2) is 48.5 Å². The molecule has 2 aromatic carbocycles. The Morgan fingerprint density at radius 1 is 1.00 bits per heavy atom. The van der Waals surface area contributed by atoms with Gasteiger partial charge in [-0.3, -0.25) is 0 Å². The third-order valence-corrected chi connectivity index (χ3v) is 3.52. The minimum atomic E-state index is 0.241. The van der Waals surface area contributed by atoms with Crippen molar-refractivity contribution in [1.82, 2.24) is 0 Å². The molecule has 0 aromatic heterocycles. The highest BCUT2D eigenvalue weighted by Gasteiger charge is 2.11. The molecule has 1 nitrogen and oxygen atoms in total. The number of allylic oxidation sites excluding steroid dienone is 1. The molecular formula is C16H17N. The van der Waals surface area contributed by atoms with E-state index >= 15 is 0 Å². The second-order valence-electron chi connectivity index (χ2n) is 4.81. The number of benzene rings is 2. The third-order valence-electron chi connectivity index (χ3n) is 3.52. The maximum Gasteiger partial charge on any atom is 0.0229 e. The van der Waals surface area contributed by atoms with Crippen LogP contribution in [0.1, 0.15) is 24.8 Å². The van der Waals surface area contributed by atoms with Crippen molar-refractivity contribution in [1.29, 1.82) is 0 Å². The zero-order chi connectivity index (χ0) is 11.7. The quantitative estimate of drug-likeness (QED) is 0.783. The Balaban J connectivity index is 2.06. The lowest BCUT2D eigenvalue weighted by atomic mass is 9.90. The monoisotopic (exact) mass is 223 g/mol. The molecule has 0 fully saturated rings. The number of hydrogen-bond acceptors (Lipinski definition) is 1. The van der Waals surface area contributed by atoms with Crippen LogP contribution in [-0.4, -0.2) is 6.04 Å². The molecule has 0 saturated heterocycles. The van der Waals surface area contributed by atoms with Gasteiger partial charge in [-0.25, -0.2) is 0 Å². The van der Waals surface area contributed by atoms with Crippen LogP contribution >= 0.6 is 0 Å². The van der Waals surface area contributed by atoms with Gasteiger partial charge in [0, 0.05) is 6.04 Å². The van der Waals surface area contributed by atoms with Crippen LogP contribution in [0.3, 0.4) is 0 Å². The second kappa shape index (κ2) is 4.34. The van der Waals surface area contributed by atoms with E-state index in [0.29, 0.717) is 0 Å². The van der Waals surface area contributed by atoms with Gasteiger partial charge >= 0.3 is 0 Å². The molecule has 0 radical (unpaired) electrons. The Kier molecular flexibility index (Phi) is 2.69. The fourth-order valence-corrected chi connectivity index (χ4v) is 2.58. The van der Waals surface area contributed by atoms with E-state index in [4.69, 9.17) is 5.73 Å². The standard InChI is InChI=1S/C16H17N/c17-16-7-3-6-14(11-16)15-9-8-12-4-1-2-5-13(12)10-15/h1-2,4-5,8-11,16H,3,6-7,17H2. The second-order valence-corrected chi connectivity index (χ2v) is 4.81. The molecule has 86 valence electrons. The van der Waals surface area contributed by atoms with Gasteiger partial charge in [0.15, 0.2) is 0 Å². The predicted octanol–water partition coefficient (Wildman–Crippen LogP) is 3.73. The van der Waals surface area contributed by atoms with Crippen molar-refractivity contribution in [3.8, 4) is 0 Å². The molecule has 1 atom stereocenters. The van der Waals surface area contributed by atoms with E-state index in [9.17, 15) is 0 Å². The SMILES string of the molecule is NC1C=C(c2ccc3ccccc3c2)CCC1. The smallest absolute Gasteiger partial charge is 0.0229 e. The topological polar surface area (TPSA) is 26.0 Å². The van der Waals surface area contributed by atoms with E-state index < -0.39 is 0 Å². The summed E-state index contributed by atoms with van der Waals surface area (Å²) in [7, 11) is 0. The molecule has 0 saturated carbocycles. The molecular weight excluding hydrogens is 206 g/mol. The first-order valence-corrected chi connectivity index (χ1v) is 6.28. The molecule has 3 rings (SSSR count). The lowest BCUT2D eigenvalue weighted by molar-refractivity contribution is 0.654. The molecule has 1 aliphatic rings.